The van der Waals surface area contributed by atoms with Gasteiger partial charge in [0.1, 0.15) is 11.4 Å². The van der Waals surface area contributed by atoms with Crippen molar-refractivity contribution in [1.29, 1.82) is 0 Å². The summed E-state index contributed by atoms with van der Waals surface area (Å²) in [7, 11) is -3.53. The van der Waals surface area contributed by atoms with Crippen molar-refractivity contribution in [2.24, 2.45) is 5.92 Å². The summed E-state index contributed by atoms with van der Waals surface area (Å²) in [6, 6.07) is 14.8. The molecule has 0 radical (unpaired) electrons. The average Bonchev–Trinajstić information content (AvgIpc) is 2.84. The molecule has 1 fully saturated rings. The molecular formula is C26H34N2O4S. The Morgan fingerprint density at radius 2 is 1.70 bits per heavy atom. The van der Waals surface area contributed by atoms with Crippen molar-refractivity contribution in [3.63, 3.8) is 0 Å². The molecule has 2 heterocycles. The SMILES string of the molecule is CCC1(CC)C[C@H](NC(=O)C2CCN(S(=O)(=O)c3ccc(C)cc3)CC2)c2ccccc2O1. The Kier molecular flexibility index (Phi) is 6.82. The monoisotopic (exact) mass is 470 g/mol. The van der Waals surface area contributed by atoms with E-state index in [9.17, 15) is 13.2 Å². The van der Waals surface area contributed by atoms with Gasteiger partial charge in [-0.2, -0.15) is 4.31 Å². The molecule has 0 saturated carbocycles. The first-order chi connectivity index (χ1) is 15.8. The lowest BCUT2D eigenvalue weighted by Crippen LogP contribution is -2.47. The zero-order chi connectivity index (χ0) is 23.6. The molecule has 1 saturated heterocycles. The summed E-state index contributed by atoms with van der Waals surface area (Å²) < 4.78 is 33.8. The second-order valence-corrected chi connectivity index (χ2v) is 11.2. The predicted octanol–water partition coefficient (Wildman–Crippen LogP) is 4.59. The van der Waals surface area contributed by atoms with Crippen LogP contribution in [0.2, 0.25) is 0 Å². The first kappa shape index (κ1) is 23.8. The molecule has 0 aromatic heterocycles. The molecule has 0 aliphatic carbocycles. The fourth-order valence-corrected chi connectivity index (χ4v) is 6.41. The molecule has 33 heavy (non-hydrogen) atoms. The molecule has 2 aromatic carbocycles. The number of benzene rings is 2. The number of para-hydroxylation sites is 1. The molecule has 1 atom stereocenters. The Morgan fingerprint density at radius 1 is 1.06 bits per heavy atom. The molecule has 0 spiro atoms. The van der Waals surface area contributed by atoms with Crippen LogP contribution in [0.15, 0.2) is 53.4 Å². The molecular weight excluding hydrogens is 436 g/mol. The highest BCUT2D eigenvalue weighted by molar-refractivity contribution is 7.89. The number of ether oxygens (including phenoxy) is 1. The molecule has 0 bridgehead atoms. The molecule has 0 unspecified atom stereocenters. The van der Waals surface area contributed by atoms with Crippen LogP contribution in [0.25, 0.3) is 0 Å². The van der Waals surface area contributed by atoms with E-state index in [0.717, 1.165) is 36.1 Å². The Bertz CT molecular complexity index is 1090. The smallest absolute Gasteiger partial charge is 0.243 e. The highest BCUT2D eigenvalue weighted by Gasteiger charge is 2.40. The van der Waals surface area contributed by atoms with E-state index < -0.39 is 10.0 Å². The van der Waals surface area contributed by atoms with E-state index in [1.165, 1.54) is 4.31 Å². The van der Waals surface area contributed by atoms with Crippen LogP contribution in [0.1, 0.15) is 63.1 Å². The van der Waals surface area contributed by atoms with Crippen molar-refractivity contribution in [3.8, 4) is 5.75 Å². The van der Waals surface area contributed by atoms with Crippen molar-refractivity contribution >= 4 is 15.9 Å². The van der Waals surface area contributed by atoms with Crippen molar-refractivity contribution in [1.82, 2.24) is 9.62 Å². The third-order valence-electron chi connectivity index (χ3n) is 7.29. The van der Waals surface area contributed by atoms with Gasteiger partial charge in [0.25, 0.3) is 0 Å². The molecule has 178 valence electrons. The normalized spacial score (nSPS) is 21.1. The van der Waals surface area contributed by atoms with Gasteiger partial charge in [-0.1, -0.05) is 49.7 Å². The summed E-state index contributed by atoms with van der Waals surface area (Å²) in [5.41, 5.74) is 1.76. The summed E-state index contributed by atoms with van der Waals surface area (Å²) >= 11 is 0. The molecule has 1 N–H and O–H groups in total. The molecule has 2 aromatic rings. The van der Waals surface area contributed by atoms with Crippen molar-refractivity contribution in [3.05, 3.63) is 59.7 Å². The van der Waals surface area contributed by atoms with Gasteiger partial charge in [-0.25, -0.2) is 8.42 Å². The minimum absolute atomic E-state index is 0.00481. The van der Waals surface area contributed by atoms with E-state index >= 15 is 0 Å². The van der Waals surface area contributed by atoms with Crippen LogP contribution < -0.4 is 10.1 Å². The van der Waals surface area contributed by atoms with Gasteiger partial charge in [-0.05, 0) is 50.8 Å². The summed E-state index contributed by atoms with van der Waals surface area (Å²) in [5.74, 6) is 0.657. The zero-order valence-electron chi connectivity index (χ0n) is 19.7. The lowest BCUT2D eigenvalue weighted by Gasteiger charge is -2.42. The third kappa shape index (κ3) is 4.80. The molecule has 6 nitrogen and oxygen atoms in total. The summed E-state index contributed by atoms with van der Waals surface area (Å²) in [4.78, 5) is 13.5. The van der Waals surface area contributed by atoms with Crippen LogP contribution in [-0.2, 0) is 14.8 Å². The van der Waals surface area contributed by atoms with Crippen LogP contribution >= 0.6 is 0 Å². The average molecular weight is 471 g/mol. The molecule has 7 heteroatoms. The number of aryl methyl sites for hydroxylation is 1. The maximum Gasteiger partial charge on any atom is 0.243 e. The molecule has 2 aliphatic heterocycles. The lowest BCUT2D eigenvalue weighted by atomic mass is 9.83. The summed E-state index contributed by atoms with van der Waals surface area (Å²) in [6.07, 6.45) is 3.53. The number of sulfonamides is 1. The van der Waals surface area contributed by atoms with Crippen molar-refractivity contribution in [2.75, 3.05) is 13.1 Å². The van der Waals surface area contributed by atoms with E-state index in [2.05, 4.69) is 19.2 Å². The van der Waals surface area contributed by atoms with E-state index in [-0.39, 0.29) is 23.5 Å². The van der Waals surface area contributed by atoms with Gasteiger partial charge in [0.15, 0.2) is 0 Å². The quantitative estimate of drug-likeness (QED) is 0.670. The first-order valence-corrected chi connectivity index (χ1v) is 13.4. The van der Waals surface area contributed by atoms with Gasteiger partial charge < -0.3 is 10.1 Å². The molecule has 2 aliphatic rings. The van der Waals surface area contributed by atoms with Crippen LogP contribution in [0.5, 0.6) is 5.75 Å². The number of hydrogen-bond donors (Lipinski definition) is 1. The Morgan fingerprint density at radius 3 is 2.33 bits per heavy atom. The third-order valence-corrected chi connectivity index (χ3v) is 9.20. The van der Waals surface area contributed by atoms with Crippen LogP contribution in [0.3, 0.4) is 0 Å². The van der Waals surface area contributed by atoms with Gasteiger partial charge >= 0.3 is 0 Å². The van der Waals surface area contributed by atoms with E-state index in [4.69, 9.17) is 4.74 Å². The second-order valence-electron chi connectivity index (χ2n) is 9.29. The number of piperidine rings is 1. The van der Waals surface area contributed by atoms with Crippen molar-refractivity contribution in [2.45, 2.75) is 69.4 Å². The Hall–Kier alpha value is -2.38. The van der Waals surface area contributed by atoms with Crippen LogP contribution in [-0.4, -0.2) is 37.3 Å². The number of nitrogens with one attached hydrogen (secondary N) is 1. The van der Waals surface area contributed by atoms with Crippen LogP contribution in [0, 0.1) is 12.8 Å². The number of carbonyl (C=O) groups excluding carboxylic acids is 1. The van der Waals surface area contributed by atoms with Gasteiger partial charge in [0.2, 0.25) is 15.9 Å². The minimum atomic E-state index is -3.53. The number of amides is 1. The number of fused-ring (bicyclic) bond motifs is 1. The highest BCUT2D eigenvalue weighted by atomic mass is 32.2. The van der Waals surface area contributed by atoms with E-state index in [1.54, 1.807) is 12.1 Å². The first-order valence-electron chi connectivity index (χ1n) is 11.9. The van der Waals surface area contributed by atoms with Crippen molar-refractivity contribution < 1.29 is 17.9 Å². The topological polar surface area (TPSA) is 75.7 Å². The van der Waals surface area contributed by atoms with Gasteiger partial charge in [0, 0.05) is 31.0 Å². The molecule has 1 amide bonds. The largest absolute Gasteiger partial charge is 0.487 e. The number of hydrogen-bond acceptors (Lipinski definition) is 4. The second kappa shape index (κ2) is 9.47. The van der Waals surface area contributed by atoms with Crippen LogP contribution in [0.4, 0.5) is 0 Å². The standard InChI is InChI=1S/C26H34N2O4S/c1-4-26(5-2)18-23(22-8-6-7-9-24(22)32-26)27-25(29)20-14-16-28(17-15-20)33(30,31)21-12-10-19(3)11-13-21/h6-13,20,23H,4-5,14-18H2,1-3H3,(H,27,29)/t23-/m0/s1. The lowest BCUT2D eigenvalue weighted by molar-refractivity contribution is -0.127. The van der Waals surface area contributed by atoms with Gasteiger partial charge in [-0.15, -0.1) is 0 Å². The predicted molar refractivity (Wildman–Crippen MR) is 129 cm³/mol. The number of carbonyl (C=O) groups is 1. The number of rotatable bonds is 6. The fraction of sp³-hybridized carbons (Fsp3) is 0.500. The van der Waals surface area contributed by atoms with E-state index in [1.807, 2.05) is 43.3 Å². The summed E-state index contributed by atoms with van der Waals surface area (Å²) in [5, 5.41) is 3.27. The van der Waals surface area contributed by atoms with Gasteiger partial charge in [0.05, 0.1) is 10.9 Å². The summed E-state index contributed by atoms with van der Waals surface area (Å²) in [6.45, 7) is 6.89. The van der Waals surface area contributed by atoms with E-state index in [0.29, 0.717) is 30.8 Å². The molecule has 4 rings (SSSR count). The maximum atomic E-state index is 13.2. The van der Waals surface area contributed by atoms with Gasteiger partial charge in [-0.3, -0.25) is 4.79 Å². The minimum Gasteiger partial charge on any atom is -0.487 e. The Labute approximate surface area is 197 Å². The highest BCUT2D eigenvalue weighted by Crippen LogP contribution is 2.42. The fourth-order valence-electron chi connectivity index (χ4n) is 4.94. The zero-order valence-corrected chi connectivity index (χ0v) is 20.5. The maximum absolute atomic E-state index is 13.2. The Balaban J connectivity index is 1.42. The number of nitrogens with zero attached hydrogens (tertiary/aromatic N) is 1.